The van der Waals surface area contributed by atoms with Crippen molar-refractivity contribution in [3.05, 3.63) is 65.9 Å². The van der Waals surface area contributed by atoms with E-state index in [0.717, 1.165) is 25.6 Å². The summed E-state index contributed by atoms with van der Waals surface area (Å²) in [5.74, 6) is -3.09. The van der Waals surface area contributed by atoms with E-state index in [4.69, 9.17) is 4.74 Å². The summed E-state index contributed by atoms with van der Waals surface area (Å²) in [6.45, 7) is 6.04. The lowest BCUT2D eigenvalue weighted by atomic mass is 10.1. The molecular formula is C28H32F2N6O6S. The van der Waals surface area contributed by atoms with Crippen LogP contribution >= 0.6 is 0 Å². The van der Waals surface area contributed by atoms with E-state index in [-0.39, 0.29) is 23.9 Å². The molecule has 1 amide bonds. The molecule has 1 aliphatic heterocycles. The van der Waals surface area contributed by atoms with Crippen molar-refractivity contribution >= 4 is 39.5 Å². The molecule has 2 heterocycles. The van der Waals surface area contributed by atoms with E-state index < -0.39 is 44.7 Å². The standard InChI is InChI=1S/C28H32F2N6O6S/c1-4-35(5-2)27-31-17-23(34(3)43(40,41)24-12-9-19(29)16-21(24)30)25(33-27)32-22(26(37)38)15-18-7-10-20(11-8-18)42-28(39)36-13-6-14-36/h7-12,16-17,22H,4-6,13-15H2,1-3H3,(H,37,38)(H,31,32,33)/t22-/m0/s1. The molecule has 4 rings (SSSR count). The van der Waals surface area contributed by atoms with Crippen LogP contribution in [-0.2, 0) is 21.2 Å². The number of benzene rings is 2. The maximum absolute atomic E-state index is 14.5. The number of amides is 1. The van der Waals surface area contributed by atoms with Crippen LogP contribution in [0, 0.1) is 11.6 Å². The van der Waals surface area contributed by atoms with Crippen LogP contribution < -0.4 is 19.3 Å². The largest absolute Gasteiger partial charge is 0.480 e. The maximum atomic E-state index is 14.5. The quantitative estimate of drug-likeness (QED) is 0.308. The number of carbonyl (C=O) groups is 2. The van der Waals surface area contributed by atoms with E-state index in [2.05, 4.69) is 15.3 Å². The topological polar surface area (TPSA) is 145 Å². The Hall–Kier alpha value is -4.53. The average molecular weight is 619 g/mol. The Kier molecular flexibility index (Phi) is 9.63. The summed E-state index contributed by atoms with van der Waals surface area (Å²) in [5.41, 5.74) is 0.428. The first-order chi connectivity index (χ1) is 20.4. The van der Waals surface area contributed by atoms with Gasteiger partial charge in [-0.05, 0) is 50.1 Å². The van der Waals surface area contributed by atoms with Crippen LogP contribution in [0.3, 0.4) is 0 Å². The fourth-order valence-electron chi connectivity index (χ4n) is 4.28. The molecule has 0 spiro atoms. The van der Waals surface area contributed by atoms with Crippen molar-refractivity contribution < 1.29 is 36.6 Å². The fourth-order valence-corrected chi connectivity index (χ4v) is 5.51. The summed E-state index contributed by atoms with van der Waals surface area (Å²) in [6.07, 6.45) is 1.61. The highest BCUT2D eigenvalue weighted by Crippen LogP contribution is 2.31. The van der Waals surface area contributed by atoms with Crippen molar-refractivity contribution in [1.82, 2.24) is 14.9 Å². The number of sulfonamides is 1. The van der Waals surface area contributed by atoms with Gasteiger partial charge in [-0.15, -0.1) is 0 Å². The number of nitrogens with zero attached hydrogens (tertiary/aromatic N) is 5. The monoisotopic (exact) mass is 618 g/mol. The van der Waals surface area contributed by atoms with Gasteiger partial charge in [0.05, 0.1) is 6.20 Å². The van der Waals surface area contributed by atoms with E-state index in [1.807, 2.05) is 13.8 Å². The summed E-state index contributed by atoms with van der Waals surface area (Å²) >= 11 is 0. The zero-order valence-electron chi connectivity index (χ0n) is 23.8. The predicted molar refractivity (Wildman–Crippen MR) is 155 cm³/mol. The Morgan fingerprint density at radius 1 is 1.12 bits per heavy atom. The summed E-state index contributed by atoms with van der Waals surface area (Å²) in [6, 6.07) is 7.14. The SMILES string of the molecule is CCN(CC)c1ncc(N(C)S(=O)(=O)c2ccc(F)cc2F)c(N[C@@H](Cc2ccc(OC(=O)N3CCC3)cc2)C(=O)O)n1. The van der Waals surface area contributed by atoms with Gasteiger partial charge in [-0.3, -0.25) is 4.31 Å². The first-order valence-electron chi connectivity index (χ1n) is 13.6. The molecule has 1 fully saturated rings. The highest BCUT2D eigenvalue weighted by molar-refractivity contribution is 7.92. The number of ether oxygens (including phenoxy) is 1. The number of rotatable bonds is 12. The number of carboxylic acids is 1. The molecule has 15 heteroatoms. The number of carbonyl (C=O) groups excluding carboxylic acids is 1. The lowest BCUT2D eigenvalue weighted by molar-refractivity contribution is -0.137. The third-order valence-corrected chi connectivity index (χ3v) is 8.77. The van der Waals surface area contributed by atoms with Gasteiger partial charge in [0.2, 0.25) is 5.95 Å². The number of halogens is 2. The van der Waals surface area contributed by atoms with Gasteiger partial charge < -0.3 is 25.0 Å². The maximum Gasteiger partial charge on any atom is 0.415 e. The van der Waals surface area contributed by atoms with Gasteiger partial charge in [0, 0.05) is 45.7 Å². The smallest absolute Gasteiger partial charge is 0.415 e. The summed E-state index contributed by atoms with van der Waals surface area (Å²) in [7, 11) is -3.44. The lowest BCUT2D eigenvalue weighted by Gasteiger charge is -2.29. The summed E-state index contributed by atoms with van der Waals surface area (Å²) in [4.78, 5) is 35.7. The molecule has 1 saturated heterocycles. The molecule has 0 bridgehead atoms. The number of nitrogens with one attached hydrogen (secondary N) is 1. The Labute approximate surface area is 248 Å². The van der Waals surface area contributed by atoms with Crippen LogP contribution in [0.15, 0.2) is 53.6 Å². The number of aromatic nitrogens is 2. The molecule has 0 unspecified atom stereocenters. The second-order valence-corrected chi connectivity index (χ2v) is 11.7. The van der Waals surface area contributed by atoms with Crippen molar-refractivity contribution in [1.29, 1.82) is 0 Å². The van der Waals surface area contributed by atoms with Crippen LogP contribution in [0.1, 0.15) is 25.8 Å². The number of likely N-dealkylation sites (tertiary alicyclic amines) is 1. The Morgan fingerprint density at radius 2 is 1.79 bits per heavy atom. The van der Waals surface area contributed by atoms with Gasteiger partial charge in [-0.2, -0.15) is 4.98 Å². The van der Waals surface area contributed by atoms with E-state index in [9.17, 15) is 31.9 Å². The van der Waals surface area contributed by atoms with Crippen LogP contribution in [0.2, 0.25) is 0 Å². The predicted octanol–water partition coefficient (Wildman–Crippen LogP) is 3.74. The second kappa shape index (κ2) is 13.2. The fraction of sp³-hybridized carbons (Fsp3) is 0.357. The molecule has 43 heavy (non-hydrogen) atoms. The van der Waals surface area contributed by atoms with Crippen LogP contribution in [0.25, 0.3) is 0 Å². The first kappa shape index (κ1) is 31.4. The van der Waals surface area contributed by atoms with Crippen LogP contribution in [0.4, 0.5) is 31.0 Å². The number of hydrogen-bond acceptors (Lipinski definition) is 9. The van der Waals surface area contributed by atoms with Gasteiger partial charge in [0.25, 0.3) is 10.0 Å². The highest BCUT2D eigenvalue weighted by Gasteiger charge is 2.30. The normalized spacial score (nSPS) is 13.6. The van der Waals surface area contributed by atoms with Crippen LogP contribution in [-0.4, -0.2) is 79.7 Å². The van der Waals surface area contributed by atoms with Gasteiger partial charge in [0.1, 0.15) is 34.0 Å². The molecule has 1 atom stereocenters. The third kappa shape index (κ3) is 7.10. The zero-order valence-corrected chi connectivity index (χ0v) is 24.6. The Balaban J connectivity index is 1.63. The number of aliphatic carboxylic acids is 1. The Bertz CT molecular complexity index is 1580. The van der Waals surface area contributed by atoms with E-state index in [1.54, 1.807) is 34.1 Å². The van der Waals surface area contributed by atoms with Gasteiger partial charge >= 0.3 is 12.1 Å². The van der Waals surface area contributed by atoms with Crippen LogP contribution in [0.5, 0.6) is 5.75 Å². The molecule has 3 aromatic rings. The number of anilines is 3. The molecule has 2 aromatic carbocycles. The average Bonchev–Trinajstić information content (AvgIpc) is 2.93. The molecule has 230 valence electrons. The van der Waals surface area contributed by atoms with E-state index in [0.29, 0.717) is 47.9 Å². The second-order valence-electron chi connectivity index (χ2n) is 9.72. The van der Waals surface area contributed by atoms with Gasteiger partial charge in [0.15, 0.2) is 5.82 Å². The lowest BCUT2D eigenvalue weighted by Crippen LogP contribution is -2.43. The van der Waals surface area contributed by atoms with E-state index in [1.165, 1.54) is 6.20 Å². The van der Waals surface area contributed by atoms with Crippen molar-refractivity contribution in [3.63, 3.8) is 0 Å². The van der Waals surface area contributed by atoms with Crippen molar-refractivity contribution in [3.8, 4) is 5.75 Å². The molecule has 0 saturated carbocycles. The molecule has 0 radical (unpaired) electrons. The highest BCUT2D eigenvalue weighted by atomic mass is 32.2. The summed E-state index contributed by atoms with van der Waals surface area (Å²) in [5, 5.41) is 12.9. The first-order valence-corrected chi connectivity index (χ1v) is 15.0. The molecular weight excluding hydrogens is 586 g/mol. The van der Waals surface area contributed by atoms with Crippen molar-refractivity contribution in [2.45, 2.75) is 37.6 Å². The summed E-state index contributed by atoms with van der Waals surface area (Å²) < 4.78 is 60.7. The molecule has 12 nitrogen and oxygen atoms in total. The third-order valence-electron chi connectivity index (χ3n) is 6.97. The van der Waals surface area contributed by atoms with Crippen molar-refractivity contribution in [2.75, 3.05) is 47.7 Å². The molecule has 1 aliphatic rings. The molecule has 1 aromatic heterocycles. The number of carboxylic acid groups (broad SMARTS) is 1. The van der Waals surface area contributed by atoms with Gasteiger partial charge in [-0.1, -0.05) is 12.1 Å². The minimum absolute atomic E-state index is 0.0528. The molecule has 0 aliphatic carbocycles. The Morgan fingerprint density at radius 3 is 2.35 bits per heavy atom. The zero-order chi connectivity index (χ0) is 31.3. The van der Waals surface area contributed by atoms with Crippen molar-refractivity contribution in [2.24, 2.45) is 0 Å². The van der Waals surface area contributed by atoms with E-state index >= 15 is 0 Å². The van der Waals surface area contributed by atoms with Gasteiger partial charge in [-0.25, -0.2) is 31.8 Å². The number of hydrogen-bond donors (Lipinski definition) is 2. The minimum Gasteiger partial charge on any atom is -0.480 e. The minimum atomic E-state index is -4.57. The molecule has 2 N–H and O–H groups in total.